The average molecular weight is 369 g/mol. The van der Waals surface area contributed by atoms with Gasteiger partial charge in [0.2, 0.25) is 5.91 Å². The lowest BCUT2D eigenvalue weighted by Crippen LogP contribution is -2.36. The summed E-state index contributed by atoms with van der Waals surface area (Å²) in [6, 6.07) is 19.5. The van der Waals surface area contributed by atoms with Gasteiger partial charge in [0.05, 0.1) is 11.2 Å². The number of benzene rings is 2. The Kier molecular flexibility index (Phi) is 5.99. The predicted molar refractivity (Wildman–Crippen MR) is 103 cm³/mol. The number of likely N-dealkylation sites (tertiary alicyclic amines) is 1. The number of hydrogen-bond donors (Lipinski definition) is 1. The second-order valence-corrected chi connectivity index (χ2v) is 7.81. The minimum absolute atomic E-state index is 0.0334. The lowest BCUT2D eigenvalue weighted by atomic mass is 9.89. The highest BCUT2D eigenvalue weighted by molar-refractivity contribution is 8.00. The molecule has 2 aromatic carbocycles. The lowest BCUT2D eigenvalue weighted by Gasteiger charge is -2.22. The highest BCUT2D eigenvalue weighted by Crippen LogP contribution is 2.35. The SMILES string of the molecule is CCC(Sc1ccccc1)C(=O)N1CC(C(=O)O)C(c2ccccc2)C1. The van der Waals surface area contributed by atoms with Gasteiger partial charge < -0.3 is 10.0 Å². The summed E-state index contributed by atoms with van der Waals surface area (Å²) >= 11 is 1.55. The van der Waals surface area contributed by atoms with Crippen LogP contribution in [0.3, 0.4) is 0 Å². The number of hydrogen-bond acceptors (Lipinski definition) is 3. The van der Waals surface area contributed by atoms with E-state index in [-0.39, 0.29) is 23.6 Å². The molecule has 5 heteroatoms. The van der Waals surface area contributed by atoms with Gasteiger partial charge in [-0.1, -0.05) is 55.5 Å². The Bertz CT molecular complexity index is 750. The molecule has 1 saturated heterocycles. The van der Waals surface area contributed by atoms with E-state index in [1.165, 1.54) is 0 Å². The Morgan fingerprint density at radius 2 is 1.69 bits per heavy atom. The van der Waals surface area contributed by atoms with E-state index >= 15 is 0 Å². The first-order chi connectivity index (χ1) is 12.6. The molecule has 0 spiro atoms. The molecule has 1 N–H and O–H groups in total. The molecule has 3 atom stereocenters. The number of carbonyl (C=O) groups excluding carboxylic acids is 1. The molecule has 1 aliphatic heterocycles. The highest BCUT2D eigenvalue weighted by atomic mass is 32.2. The number of amides is 1. The fourth-order valence-electron chi connectivity index (χ4n) is 3.45. The summed E-state index contributed by atoms with van der Waals surface area (Å²) < 4.78 is 0. The zero-order chi connectivity index (χ0) is 18.5. The number of carbonyl (C=O) groups is 2. The summed E-state index contributed by atoms with van der Waals surface area (Å²) in [7, 11) is 0. The normalized spacial score (nSPS) is 20.7. The van der Waals surface area contributed by atoms with Gasteiger partial charge in [0.15, 0.2) is 0 Å². The van der Waals surface area contributed by atoms with E-state index in [2.05, 4.69) is 0 Å². The van der Waals surface area contributed by atoms with Crippen molar-refractivity contribution >= 4 is 23.6 Å². The van der Waals surface area contributed by atoms with Gasteiger partial charge in [0, 0.05) is 23.9 Å². The molecular weight excluding hydrogens is 346 g/mol. The molecule has 0 saturated carbocycles. The number of rotatable bonds is 6. The van der Waals surface area contributed by atoms with E-state index in [0.717, 1.165) is 10.5 Å². The smallest absolute Gasteiger partial charge is 0.308 e. The van der Waals surface area contributed by atoms with Crippen LogP contribution < -0.4 is 0 Å². The van der Waals surface area contributed by atoms with Crippen LogP contribution in [0.25, 0.3) is 0 Å². The number of thioether (sulfide) groups is 1. The van der Waals surface area contributed by atoms with Crippen molar-refractivity contribution < 1.29 is 14.7 Å². The summed E-state index contributed by atoms with van der Waals surface area (Å²) in [5.41, 5.74) is 0.985. The van der Waals surface area contributed by atoms with Crippen molar-refractivity contribution in [2.24, 2.45) is 5.92 Å². The van der Waals surface area contributed by atoms with E-state index in [9.17, 15) is 14.7 Å². The molecule has 1 fully saturated rings. The van der Waals surface area contributed by atoms with Crippen LogP contribution in [0.1, 0.15) is 24.8 Å². The third-order valence-corrected chi connectivity index (χ3v) is 6.21. The maximum absolute atomic E-state index is 13.0. The molecule has 0 radical (unpaired) electrons. The van der Waals surface area contributed by atoms with Crippen molar-refractivity contribution in [3.63, 3.8) is 0 Å². The first-order valence-corrected chi connectivity index (χ1v) is 9.76. The van der Waals surface area contributed by atoms with Gasteiger partial charge >= 0.3 is 5.97 Å². The summed E-state index contributed by atoms with van der Waals surface area (Å²) in [6.45, 7) is 2.74. The predicted octanol–water partition coefficient (Wildman–Crippen LogP) is 3.88. The van der Waals surface area contributed by atoms with Crippen LogP contribution in [0.4, 0.5) is 0 Å². The van der Waals surface area contributed by atoms with Crippen LogP contribution in [-0.2, 0) is 9.59 Å². The first kappa shape index (κ1) is 18.5. The van der Waals surface area contributed by atoms with Crippen LogP contribution in [-0.4, -0.2) is 40.2 Å². The first-order valence-electron chi connectivity index (χ1n) is 8.88. The summed E-state index contributed by atoms with van der Waals surface area (Å²) in [4.78, 5) is 27.6. The summed E-state index contributed by atoms with van der Waals surface area (Å²) in [5, 5.41) is 9.44. The van der Waals surface area contributed by atoms with Gasteiger partial charge in [-0.05, 0) is 24.1 Å². The molecule has 4 nitrogen and oxygen atoms in total. The monoisotopic (exact) mass is 369 g/mol. The Labute approximate surface area is 158 Å². The van der Waals surface area contributed by atoms with E-state index in [4.69, 9.17) is 0 Å². The molecule has 3 rings (SSSR count). The largest absolute Gasteiger partial charge is 0.481 e. The molecule has 0 aliphatic carbocycles. The van der Waals surface area contributed by atoms with Crippen LogP contribution >= 0.6 is 11.8 Å². The van der Waals surface area contributed by atoms with Crippen molar-refractivity contribution in [2.75, 3.05) is 13.1 Å². The Morgan fingerprint density at radius 3 is 2.27 bits per heavy atom. The highest BCUT2D eigenvalue weighted by Gasteiger charge is 2.41. The maximum Gasteiger partial charge on any atom is 0.308 e. The van der Waals surface area contributed by atoms with E-state index < -0.39 is 11.9 Å². The van der Waals surface area contributed by atoms with E-state index in [0.29, 0.717) is 13.0 Å². The zero-order valence-corrected chi connectivity index (χ0v) is 15.6. The molecular formula is C21H23NO3S. The van der Waals surface area contributed by atoms with Crippen molar-refractivity contribution in [3.8, 4) is 0 Å². The van der Waals surface area contributed by atoms with Gasteiger partial charge in [0.1, 0.15) is 0 Å². The topological polar surface area (TPSA) is 57.6 Å². The van der Waals surface area contributed by atoms with Crippen molar-refractivity contribution in [3.05, 3.63) is 66.2 Å². The summed E-state index contributed by atoms with van der Waals surface area (Å²) in [6.07, 6.45) is 0.711. The molecule has 0 bridgehead atoms. The number of aliphatic carboxylic acids is 1. The van der Waals surface area contributed by atoms with Crippen LogP contribution in [0, 0.1) is 5.92 Å². The zero-order valence-electron chi connectivity index (χ0n) is 14.7. The van der Waals surface area contributed by atoms with Gasteiger partial charge in [-0.15, -0.1) is 11.8 Å². The van der Waals surface area contributed by atoms with Crippen LogP contribution in [0.5, 0.6) is 0 Å². The molecule has 1 heterocycles. The Hall–Kier alpha value is -2.27. The molecule has 136 valence electrons. The molecule has 1 aliphatic rings. The van der Waals surface area contributed by atoms with Crippen molar-refractivity contribution in [2.45, 2.75) is 29.4 Å². The summed E-state index contributed by atoms with van der Waals surface area (Å²) in [5.74, 6) is -1.51. The quantitative estimate of drug-likeness (QED) is 0.785. The number of nitrogens with zero attached hydrogens (tertiary/aromatic N) is 1. The minimum Gasteiger partial charge on any atom is -0.481 e. The lowest BCUT2D eigenvalue weighted by molar-refractivity contribution is -0.141. The van der Waals surface area contributed by atoms with Gasteiger partial charge in [0.25, 0.3) is 0 Å². The van der Waals surface area contributed by atoms with Gasteiger partial charge in [-0.25, -0.2) is 0 Å². The molecule has 26 heavy (non-hydrogen) atoms. The van der Waals surface area contributed by atoms with Gasteiger partial charge in [-0.3, -0.25) is 9.59 Å². The Balaban J connectivity index is 1.75. The standard InChI is InChI=1S/C21H23NO3S/c1-2-19(26-16-11-7-4-8-12-16)20(23)22-13-17(18(14-22)21(24)25)15-9-5-3-6-10-15/h3-12,17-19H,2,13-14H2,1H3,(H,24,25). The van der Waals surface area contributed by atoms with E-state index in [1.54, 1.807) is 16.7 Å². The average Bonchev–Trinajstić information content (AvgIpc) is 3.13. The van der Waals surface area contributed by atoms with Crippen molar-refractivity contribution in [1.29, 1.82) is 0 Å². The maximum atomic E-state index is 13.0. The minimum atomic E-state index is -0.835. The van der Waals surface area contributed by atoms with Crippen LogP contribution in [0.2, 0.25) is 0 Å². The Morgan fingerprint density at radius 1 is 1.08 bits per heavy atom. The van der Waals surface area contributed by atoms with Crippen LogP contribution in [0.15, 0.2) is 65.6 Å². The molecule has 1 amide bonds. The van der Waals surface area contributed by atoms with Crippen molar-refractivity contribution in [1.82, 2.24) is 4.90 Å². The molecule has 3 unspecified atom stereocenters. The third-order valence-electron chi connectivity index (χ3n) is 4.84. The fraction of sp³-hybridized carbons (Fsp3) is 0.333. The second kappa shape index (κ2) is 8.41. The number of carboxylic acids is 1. The fourth-order valence-corrected chi connectivity index (χ4v) is 4.51. The second-order valence-electron chi connectivity index (χ2n) is 6.53. The molecule has 0 aromatic heterocycles. The molecule has 2 aromatic rings. The third kappa shape index (κ3) is 4.10. The van der Waals surface area contributed by atoms with E-state index in [1.807, 2.05) is 67.6 Å². The number of carboxylic acid groups (broad SMARTS) is 1. The van der Waals surface area contributed by atoms with Gasteiger partial charge in [-0.2, -0.15) is 0 Å².